The fraction of sp³-hybridized carbons (Fsp3) is 0.231. The van der Waals surface area contributed by atoms with Crippen LogP contribution >= 0.6 is 23.8 Å². The van der Waals surface area contributed by atoms with Gasteiger partial charge in [0.2, 0.25) is 0 Å². The van der Waals surface area contributed by atoms with E-state index in [0.29, 0.717) is 4.77 Å². The Balaban J connectivity index is 1.84. The topological polar surface area (TPSA) is 38.5 Å². The molecule has 98 valence electrons. The molecular weight excluding hydrogens is 280 g/mol. The Labute approximate surface area is 120 Å². The molecule has 0 fully saturated rings. The Hall–Kier alpha value is -1.59. The summed E-state index contributed by atoms with van der Waals surface area (Å²) in [7, 11) is 0. The summed E-state index contributed by atoms with van der Waals surface area (Å²) >= 11 is 11.6. The molecule has 0 radical (unpaired) electrons. The zero-order valence-corrected chi connectivity index (χ0v) is 11.8. The second-order valence-electron chi connectivity index (χ2n) is 4.34. The van der Waals surface area contributed by atoms with E-state index in [-0.39, 0.29) is 0 Å². The largest absolute Gasteiger partial charge is 0.331 e. The highest BCUT2D eigenvalue weighted by molar-refractivity contribution is 7.71. The third-order valence-electron chi connectivity index (χ3n) is 3.07. The molecule has 0 unspecified atom stereocenters. The van der Waals surface area contributed by atoms with Gasteiger partial charge in [0.25, 0.3) is 0 Å². The zero-order chi connectivity index (χ0) is 13.2. The molecule has 4 nitrogen and oxygen atoms in total. The van der Waals surface area contributed by atoms with Crippen LogP contribution in [0.3, 0.4) is 0 Å². The van der Waals surface area contributed by atoms with Crippen LogP contribution in [0.2, 0.25) is 5.02 Å². The highest BCUT2D eigenvalue weighted by Gasteiger charge is 2.07. The summed E-state index contributed by atoms with van der Waals surface area (Å²) in [6.07, 6.45) is 4.70. The number of hydrogen-bond donors (Lipinski definition) is 1. The first-order valence-electron chi connectivity index (χ1n) is 6.10. The van der Waals surface area contributed by atoms with Crippen molar-refractivity contribution in [2.24, 2.45) is 0 Å². The zero-order valence-electron chi connectivity index (χ0n) is 10.2. The second kappa shape index (κ2) is 5.19. The minimum absolute atomic E-state index is 0.712. The smallest absolute Gasteiger partial charge is 0.178 e. The monoisotopic (exact) mass is 292 g/mol. The van der Waals surface area contributed by atoms with Crippen LogP contribution in [0.1, 0.15) is 6.42 Å². The van der Waals surface area contributed by atoms with E-state index in [1.54, 1.807) is 6.20 Å². The number of aromatic amines is 1. The van der Waals surface area contributed by atoms with Crippen LogP contribution < -0.4 is 0 Å². The molecule has 0 aliphatic heterocycles. The third-order valence-corrected chi connectivity index (χ3v) is 3.70. The maximum atomic E-state index is 6.25. The van der Waals surface area contributed by atoms with Gasteiger partial charge in [0.15, 0.2) is 4.77 Å². The first-order chi connectivity index (χ1) is 9.25. The number of aromatic nitrogens is 4. The van der Waals surface area contributed by atoms with E-state index in [4.69, 9.17) is 23.8 Å². The van der Waals surface area contributed by atoms with Crippen molar-refractivity contribution in [2.75, 3.05) is 0 Å². The lowest BCUT2D eigenvalue weighted by atomic mass is 10.3. The molecule has 1 N–H and O–H groups in total. The fourth-order valence-electron chi connectivity index (χ4n) is 2.21. The Bertz CT molecular complexity index is 742. The number of imidazole rings is 1. The van der Waals surface area contributed by atoms with Gasteiger partial charge in [-0.3, -0.25) is 4.68 Å². The number of fused-ring (bicyclic) bond motifs is 1. The van der Waals surface area contributed by atoms with Gasteiger partial charge < -0.3 is 9.55 Å². The lowest BCUT2D eigenvalue weighted by Gasteiger charge is -2.06. The molecule has 3 aromatic rings. The van der Waals surface area contributed by atoms with E-state index in [1.807, 2.05) is 35.1 Å². The Morgan fingerprint density at radius 1 is 1.26 bits per heavy atom. The van der Waals surface area contributed by atoms with Crippen molar-refractivity contribution in [2.45, 2.75) is 19.5 Å². The van der Waals surface area contributed by atoms with Gasteiger partial charge >= 0.3 is 0 Å². The summed E-state index contributed by atoms with van der Waals surface area (Å²) in [4.78, 5) is 3.18. The predicted molar refractivity (Wildman–Crippen MR) is 79.0 cm³/mol. The van der Waals surface area contributed by atoms with Crippen LogP contribution in [0.4, 0.5) is 0 Å². The van der Waals surface area contributed by atoms with E-state index >= 15 is 0 Å². The van der Waals surface area contributed by atoms with Gasteiger partial charge in [-0.2, -0.15) is 5.10 Å². The third kappa shape index (κ3) is 2.43. The van der Waals surface area contributed by atoms with Crippen LogP contribution in [-0.4, -0.2) is 19.3 Å². The van der Waals surface area contributed by atoms with Gasteiger partial charge in [0, 0.05) is 25.5 Å². The molecule has 2 aromatic heterocycles. The van der Waals surface area contributed by atoms with E-state index in [0.717, 1.165) is 35.6 Å². The minimum Gasteiger partial charge on any atom is -0.331 e. The summed E-state index contributed by atoms with van der Waals surface area (Å²) in [5.74, 6) is 0. The quantitative estimate of drug-likeness (QED) is 0.746. The number of hydrogen-bond acceptors (Lipinski definition) is 2. The number of nitrogens with one attached hydrogen (secondary N) is 1. The molecule has 6 heteroatoms. The summed E-state index contributed by atoms with van der Waals surface area (Å²) < 4.78 is 4.68. The number of benzene rings is 1. The lowest BCUT2D eigenvalue weighted by molar-refractivity contribution is 0.530. The number of aryl methyl sites for hydroxylation is 2. The average molecular weight is 293 g/mol. The summed E-state index contributed by atoms with van der Waals surface area (Å²) in [5, 5.41) is 4.91. The van der Waals surface area contributed by atoms with Gasteiger partial charge in [-0.05, 0) is 36.8 Å². The van der Waals surface area contributed by atoms with Crippen LogP contribution in [0.5, 0.6) is 0 Å². The van der Waals surface area contributed by atoms with E-state index in [9.17, 15) is 0 Å². The van der Waals surface area contributed by atoms with Gasteiger partial charge in [-0.15, -0.1) is 0 Å². The van der Waals surface area contributed by atoms with Crippen molar-refractivity contribution in [1.82, 2.24) is 19.3 Å². The normalized spacial score (nSPS) is 11.2. The van der Waals surface area contributed by atoms with Crippen molar-refractivity contribution in [3.63, 3.8) is 0 Å². The maximum Gasteiger partial charge on any atom is 0.178 e. The van der Waals surface area contributed by atoms with Crippen LogP contribution in [0.15, 0.2) is 36.7 Å². The van der Waals surface area contributed by atoms with Gasteiger partial charge in [-0.1, -0.05) is 17.7 Å². The summed E-state index contributed by atoms with van der Waals surface area (Å²) in [5.41, 5.74) is 1.96. The van der Waals surface area contributed by atoms with Crippen LogP contribution in [0.25, 0.3) is 11.0 Å². The average Bonchev–Trinajstić information content (AvgIpc) is 2.99. The van der Waals surface area contributed by atoms with Crippen LogP contribution in [0, 0.1) is 4.77 Å². The number of para-hydroxylation sites is 1. The molecule has 0 bridgehead atoms. The molecule has 2 heterocycles. The first kappa shape index (κ1) is 12.4. The Morgan fingerprint density at radius 2 is 2.16 bits per heavy atom. The molecule has 0 saturated carbocycles. The van der Waals surface area contributed by atoms with Gasteiger partial charge in [0.05, 0.1) is 16.1 Å². The van der Waals surface area contributed by atoms with E-state index in [2.05, 4.69) is 14.6 Å². The molecule has 0 aliphatic carbocycles. The molecule has 0 atom stereocenters. The minimum atomic E-state index is 0.712. The molecule has 0 spiro atoms. The number of halogens is 1. The van der Waals surface area contributed by atoms with Crippen molar-refractivity contribution in [3.8, 4) is 0 Å². The summed E-state index contributed by atoms with van der Waals surface area (Å²) in [6.45, 7) is 1.69. The highest BCUT2D eigenvalue weighted by atomic mass is 35.5. The lowest BCUT2D eigenvalue weighted by Crippen LogP contribution is -2.04. The first-order valence-corrected chi connectivity index (χ1v) is 6.89. The Morgan fingerprint density at radius 3 is 2.95 bits per heavy atom. The highest BCUT2D eigenvalue weighted by Crippen LogP contribution is 2.23. The second-order valence-corrected chi connectivity index (χ2v) is 5.13. The SMILES string of the molecule is S=c1[nH]c2cccc(Cl)c2n1CCCn1cccn1. The van der Waals surface area contributed by atoms with E-state index < -0.39 is 0 Å². The number of nitrogens with zero attached hydrogens (tertiary/aromatic N) is 3. The molecule has 0 amide bonds. The van der Waals surface area contributed by atoms with Crippen molar-refractivity contribution in [3.05, 3.63) is 46.5 Å². The summed E-state index contributed by atoms with van der Waals surface area (Å²) in [6, 6.07) is 7.72. The molecular formula is C13H13ClN4S. The molecule has 19 heavy (non-hydrogen) atoms. The van der Waals surface area contributed by atoms with Crippen molar-refractivity contribution >= 4 is 34.9 Å². The van der Waals surface area contributed by atoms with Gasteiger partial charge in [-0.25, -0.2) is 0 Å². The number of rotatable bonds is 4. The van der Waals surface area contributed by atoms with Gasteiger partial charge in [0.1, 0.15) is 0 Å². The predicted octanol–water partition coefficient (Wildman–Crippen LogP) is 3.64. The van der Waals surface area contributed by atoms with Crippen molar-refractivity contribution in [1.29, 1.82) is 0 Å². The molecule has 3 rings (SSSR count). The Kier molecular flexibility index (Phi) is 3.40. The number of H-pyrrole nitrogens is 1. The fourth-order valence-corrected chi connectivity index (χ4v) is 2.78. The van der Waals surface area contributed by atoms with Crippen LogP contribution in [-0.2, 0) is 13.1 Å². The standard InChI is InChI=1S/C13H13ClN4S/c14-10-4-1-5-11-12(10)18(13(19)16-11)9-3-8-17-7-2-6-15-17/h1-2,4-7H,3,8-9H2,(H,16,19). The molecule has 0 saturated heterocycles. The maximum absolute atomic E-state index is 6.25. The van der Waals surface area contributed by atoms with E-state index in [1.165, 1.54) is 0 Å². The molecule has 1 aromatic carbocycles. The van der Waals surface area contributed by atoms with Crippen molar-refractivity contribution < 1.29 is 0 Å². The molecule has 0 aliphatic rings.